The highest BCUT2D eigenvalue weighted by atomic mass is 16.5. The maximum atomic E-state index is 13.1. The summed E-state index contributed by atoms with van der Waals surface area (Å²) in [5.74, 6) is 0.853. The van der Waals surface area contributed by atoms with Gasteiger partial charge in [0.2, 0.25) is 11.8 Å². The highest BCUT2D eigenvalue weighted by Crippen LogP contribution is 2.41. The van der Waals surface area contributed by atoms with Gasteiger partial charge in [0, 0.05) is 37.7 Å². The Morgan fingerprint density at radius 3 is 2.63 bits per heavy atom. The van der Waals surface area contributed by atoms with Crippen LogP contribution in [0.25, 0.3) is 0 Å². The zero-order valence-corrected chi connectivity index (χ0v) is 22.3. The fourth-order valence-corrected chi connectivity index (χ4v) is 4.60. The second-order valence-corrected chi connectivity index (χ2v) is 9.81. The Bertz CT molecular complexity index is 1200. The number of hydrogen-bond acceptors (Lipinski definition) is 7. The molecule has 2 aromatic carbocycles. The summed E-state index contributed by atoms with van der Waals surface area (Å²) in [5.41, 5.74) is 1.53. The van der Waals surface area contributed by atoms with Crippen molar-refractivity contribution in [3.63, 3.8) is 0 Å². The maximum Gasteiger partial charge on any atom is 0.254 e. The van der Waals surface area contributed by atoms with Gasteiger partial charge in [-0.25, -0.2) is 0 Å². The summed E-state index contributed by atoms with van der Waals surface area (Å²) in [6.07, 6.45) is 0.782. The average Bonchev–Trinajstić information content (AvgIpc) is 2.91. The molecule has 3 amide bonds. The minimum atomic E-state index is -1.08. The van der Waals surface area contributed by atoms with E-state index in [1.54, 1.807) is 27.0 Å². The number of carbonyl (C=O) groups is 3. The maximum absolute atomic E-state index is 13.1. The first-order valence-electron chi connectivity index (χ1n) is 12.7. The van der Waals surface area contributed by atoms with E-state index < -0.39 is 5.60 Å². The van der Waals surface area contributed by atoms with Gasteiger partial charge in [-0.3, -0.25) is 14.4 Å². The van der Waals surface area contributed by atoms with E-state index in [0.717, 1.165) is 11.1 Å². The number of anilines is 1. The van der Waals surface area contributed by atoms with Crippen molar-refractivity contribution < 1.29 is 33.3 Å². The van der Waals surface area contributed by atoms with Crippen molar-refractivity contribution in [3.05, 3.63) is 47.5 Å². The summed E-state index contributed by atoms with van der Waals surface area (Å²) in [7, 11) is 3.04. The molecule has 0 fully saturated rings. The third kappa shape index (κ3) is 6.19. The summed E-state index contributed by atoms with van der Waals surface area (Å²) < 4.78 is 22.8. The van der Waals surface area contributed by atoms with Crippen LogP contribution in [-0.2, 0) is 19.1 Å². The van der Waals surface area contributed by atoms with Gasteiger partial charge in [-0.15, -0.1) is 0 Å². The molecule has 204 valence electrons. The molecule has 0 saturated carbocycles. The average molecular weight is 526 g/mol. The minimum Gasteiger partial charge on any atom is -0.493 e. The van der Waals surface area contributed by atoms with Crippen LogP contribution in [0, 0.1) is 0 Å². The molecule has 0 radical (unpaired) electrons. The van der Waals surface area contributed by atoms with Gasteiger partial charge in [-0.2, -0.15) is 0 Å². The van der Waals surface area contributed by atoms with E-state index in [4.69, 9.17) is 18.9 Å². The fraction of sp³-hybridized carbons (Fsp3) is 0.464. The lowest BCUT2D eigenvalue weighted by Gasteiger charge is -2.30. The summed E-state index contributed by atoms with van der Waals surface area (Å²) in [6, 6.07) is 11.3. The molecule has 38 heavy (non-hydrogen) atoms. The molecule has 3 heterocycles. The Hall–Kier alpha value is -3.79. The van der Waals surface area contributed by atoms with Crippen LogP contribution in [0.1, 0.15) is 43.7 Å². The van der Waals surface area contributed by atoms with Gasteiger partial charge in [0.15, 0.2) is 11.5 Å². The summed E-state index contributed by atoms with van der Waals surface area (Å²) >= 11 is 0. The molecule has 6 bridgehead atoms. The number of nitrogens with one attached hydrogen (secondary N) is 2. The van der Waals surface area contributed by atoms with E-state index in [-0.39, 0.29) is 49.9 Å². The standard InChI is InChI=1S/C28H35N3O7/c1-28(2,36-4)27(34)31-11-5-12-38-24-14-18(6-9-23(24)35-3)21-16-25(32)30-22-15-19(7-8-20(21)22)37-13-10-29-26(33)17-31/h6-9,14-15,21H,5,10-13,16-17H2,1-4H3,(H,29,33)(H,30,32). The molecule has 5 rings (SSSR count). The SMILES string of the molecule is COc1ccc2cc1OCCCN(C(=O)C(C)(C)OC)CC(=O)NCCOc1ccc3c(c1)NC(=O)CC23. The van der Waals surface area contributed by atoms with Crippen LogP contribution in [0.3, 0.4) is 0 Å². The van der Waals surface area contributed by atoms with Gasteiger partial charge < -0.3 is 34.5 Å². The van der Waals surface area contributed by atoms with Crippen LogP contribution in [0.2, 0.25) is 0 Å². The van der Waals surface area contributed by atoms with Crippen molar-refractivity contribution in [1.29, 1.82) is 0 Å². The molecular weight excluding hydrogens is 490 g/mol. The Morgan fingerprint density at radius 2 is 1.87 bits per heavy atom. The number of benzene rings is 2. The molecule has 1 atom stereocenters. The quantitative estimate of drug-likeness (QED) is 0.592. The van der Waals surface area contributed by atoms with E-state index in [9.17, 15) is 14.4 Å². The minimum absolute atomic E-state index is 0.0835. The summed E-state index contributed by atoms with van der Waals surface area (Å²) in [5, 5.41) is 5.74. The molecule has 0 spiro atoms. The molecule has 3 aliphatic rings. The lowest BCUT2D eigenvalue weighted by Crippen LogP contribution is -2.50. The highest BCUT2D eigenvalue weighted by Gasteiger charge is 2.33. The second kappa shape index (κ2) is 11.7. The van der Waals surface area contributed by atoms with E-state index >= 15 is 0 Å². The number of hydrogen-bond donors (Lipinski definition) is 2. The Morgan fingerprint density at radius 1 is 1.05 bits per heavy atom. The molecule has 0 aliphatic carbocycles. The molecule has 1 unspecified atom stereocenters. The first-order valence-corrected chi connectivity index (χ1v) is 12.7. The van der Waals surface area contributed by atoms with Crippen molar-refractivity contribution in [2.45, 2.75) is 38.2 Å². The van der Waals surface area contributed by atoms with Crippen LogP contribution in [-0.4, -0.2) is 75.3 Å². The van der Waals surface area contributed by atoms with Crippen LogP contribution >= 0.6 is 0 Å². The Kier molecular flexibility index (Phi) is 8.41. The third-order valence-electron chi connectivity index (χ3n) is 6.82. The largest absolute Gasteiger partial charge is 0.493 e. The van der Waals surface area contributed by atoms with Gasteiger partial charge in [-0.1, -0.05) is 12.1 Å². The number of carbonyl (C=O) groups excluding carboxylic acids is 3. The zero-order valence-electron chi connectivity index (χ0n) is 22.3. The number of methoxy groups -OCH3 is 2. The van der Waals surface area contributed by atoms with Gasteiger partial charge >= 0.3 is 0 Å². The predicted molar refractivity (Wildman–Crippen MR) is 141 cm³/mol. The molecule has 2 N–H and O–H groups in total. The number of rotatable bonds is 3. The summed E-state index contributed by atoms with van der Waals surface area (Å²) in [4.78, 5) is 39.8. The van der Waals surface area contributed by atoms with E-state index in [1.807, 2.05) is 30.3 Å². The lowest BCUT2D eigenvalue weighted by molar-refractivity contribution is -0.153. The first-order chi connectivity index (χ1) is 18.2. The van der Waals surface area contributed by atoms with Crippen LogP contribution in [0.5, 0.6) is 17.2 Å². The van der Waals surface area contributed by atoms with Crippen molar-refractivity contribution in [3.8, 4) is 17.2 Å². The zero-order chi connectivity index (χ0) is 27.3. The molecule has 10 nitrogen and oxygen atoms in total. The third-order valence-corrected chi connectivity index (χ3v) is 6.82. The number of fused-ring (bicyclic) bond motifs is 11. The number of nitrogens with zero attached hydrogens (tertiary/aromatic N) is 1. The van der Waals surface area contributed by atoms with E-state index in [2.05, 4.69) is 10.6 Å². The first kappa shape index (κ1) is 27.3. The topological polar surface area (TPSA) is 115 Å². The molecule has 2 aromatic rings. The van der Waals surface area contributed by atoms with E-state index in [0.29, 0.717) is 42.3 Å². The lowest BCUT2D eigenvalue weighted by atomic mass is 9.84. The normalized spacial score (nSPS) is 18.6. The van der Waals surface area contributed by atoms with E-state index in [1.165, 1.54) is 12.0 Å². The van der Waals surface area contributed by atoms with Gasteiger partial charge in [0.1, 0.15) is 18.0 Å². The summed E-state index contributed by atoms with van der Waals surface area (Å²) in [6.45, 7) is 4.31. The molecule has 0 aromatic heterocycles. The van der Waals surface area contributed by atoms with Gasteiger partial charge in [-0.05, 0) is 49.6 Å². The molecular formula is C28H35N3O7. The van der Waals surface area contributed by atoms with Crippen molar-refractivity contribution in [2.75, 3.05) is 52.4 Å². The molecule has 0 saturated heterocycles. The predicted octanol–water partition coefficient (Wildman–Crippen LogP) is 2.70. The molecule has 10 heteroatoms. The van der Waals surface area contributed by atoms with Crippen molar-refractivity contribution in [2.24, 2.45) is 0 Å². The number of ether oxygens (including phenoxy) is 4. The van der Waals surface area contributed by atoms with Crippen LogP contribution in [0.4, 0.5) is 5.69 Å². The highest BCUT2D eigenvalue weighted by molar-refractivity contribution is 5.95. The fourth-order valence-electron chi connectivity index (χ4n) is 4.60. The monoisotopic (exact) mass is 525 g/mol. The molecule has 3 aliphatic heterocycles. The van der Waals surface area contributed by atoms with Gasteiger partial charge in [0.05, 0.1) is 26.8 Å². The smallest absolute Gasteiger partial charge is 0.254 e. The number of amides is 3. The van der Waals surface area contributed by atoms with Crippen LogP contribution in [0.15, 0.2) is 36.4 Å². The van der Waals surface area contributed by atoms with Gasteiger partial charge in [0.25, 0.3) is 5.91 Å². The van der Waals surface area contributed by atoms with Crippen molar-refractivity contribution >= 4 is 23.4 Å². The van der Waals surface area contributed by atoms with Crippen LogP contribution < -0.4 is 24.8 Å². The Balaban J connectivity index is 1.64. The second-order valence-electron chi connectivity index (χ2n) is 9.81. The van der Waals surface area contributed by atoms with Crippen molar-refractivity contribution in [1.82, 2.24) is 10.2 Å². The Labute approximate surface area is 222 Å².